The molecule has 2 N–H and O–H groups in total. The highest BCUT2D eigenvalue weighted by Crippen LogP contribution is 2.23. The van der Waals surface area contributed by atoms with Gasteiger partial charge < -0.3 is 5.73 Å². The molecule has 92 valence electrons. The molecule has 2 unspecified atom stereocenters. The first kappa shape index (κ1) is 13.7. The fourth-order valence-corrected chi connectivity index (χ4v) is 2.66. The first-order chi connectivity index (χ1) is 7.69. The van der Waals surface area contributed by atoms with Crippen LogP contribution in [0.5, 0.6) is 0 Å². The molecule has 1 heterocycles. The molecule has 0 saturated heterocycles. The highest BCUT2D eigenvalue weighted by atomic mass is 32.1. The molecule has 0 spiro atoms. The fraction of sp³-hybridized carbons (Fsp3) is 0.692. The Hall–Kier alpha value is -0.380. The highest BCUT2D eigenvalue weighted by molar-refractivity contribution is 7.10. The number of nitrogens with two attached hydrogens (primary N) is 1. The summed E-state index contributed by atoms with van der Waals surface area (Å²) in [6, 6.07) is 4.86. The van der Waals surface area contributed by atoms with Gasteiger partial charge in [-0.25, -0.2) is 0 Å². The lowest BCUT2D eigenvalue weighted by molar-refractivity contribution is 0.242. The van der Waals surface area contributed by atoms with E-state index in [1.807, 2.05) is 11.3 Å². The Morgan fingerprint density at radius 1 is 1.50 bits per heavy atom. The first-order valence-corrected chi connectivity index (χ1v) is 7.00. The van der Waals surface area contributed by atoms with Gasteiger partial charge in [-0.3, -0.25) is 4.90 Å². The predicted molar refractivity (Wildman–Crippen MR) is 72.8 cm³/mol. The monoisotopic (exact) mass is 240 g/mol. The van der Waals surface area contributed by atoms with Gasteiger partial charge in [-0.2, -0.15) is 0 Å². The topological polar surface area (TPSA) is 29.3 Å². The van der Waals surface area contributed by atoms with Gasteiger partial charge >= 0.3 is 0 Å². The second kappa shape index (κ2) is 7.05. The van der Waals surface area contributed by atoms with Gasteiger partial charge in [-0.1, -0.05) is 19.4 Å². The Morgan fingerprint density at radius 2 is 2.25 bits per heavy atom. The van der Waals surface area contributed by atoms with Gasteiger partial charge in [-0.05, 0) is 50.8 Å². The Balaban J connectivity index is 2.37. The molecular formula is C13H24N2S. The predicted octanol–water partition coefficient (Wildman–Crippen LogP) is 3.12. The van der Waals surface area contributed by atoms with Crippen molar-refractivity contribution in [1.29, 1.82) is 0 Å². The Morgan fingerprint density at radius 3 is 2.75 bits per heavy atom. The number of nitrogens with zero attached hydrogens (tertiary/aromatic N) is 1. The van der Waals surface area contributed by atoms with Crippen molar-refractivity contribution in [2.45, 2.75) is 32.7 Å². The molecule has 0 aromatic carbocycles. The minimum atomic E-state index is 0.523. The van der Waals surface area contributed by atoms with Crippen LogP contribution in [-0.2, 0) is 0 Å². The van der Waals surface area contributed by atoms with E-state index < -0.39 is 0 Å². The zero-order chi connectivity index (χ0) is 12.0. The minimum absolute atomic E-state index is 0.523. The van der Waals surface area contributed by atoms with Gasteiger partial charge in [0.25, 0.3) is 0 Å². The lowest BCUT2D eigenvalue weighted by Crippen LogP contribution is -2.26. The zero-order valence-electron chi connectivity index (χ0n) is 10.6. The lowest BCUT2D eigenvalue weighted by atomic mass is 10.0. The van der Waals surface area contributed by atoms with Gasteiger partial charge in [0.2, 0.25) is 0 Å². The molecule has 2 nitrogen and oxygen atoms in total. The van der Waals surface area contributed by atoms with E-state index in [1.165, 1.54) is 17.7 Å². The molecule has 0 radical (unpaired) electrons. The van der Waals surface area contributed by atoms with Crippen molar-refractivity contribution < 1.29 is 0 Å². The van der Waals surface area contributed by atoms with Crippen LogP contribution in [0, 0.1) is 5.92 Å². The molecule has 2 atom stereocenters. The van der Waals surface area contributed by atoms with Crippen LogP contribution in [0.3, 0.4) is 0 Å². The van der Waals surface area contributed by atoms with Crippen LogP contribution in [0.15, 0.2) is 17.5 Å². The van der Waals surface area contributed by atoms with E-state index >= 15 is 0 Å². The van der Waals surface area contributed by atoms with Crippen LogP contribution in [0.25, 0.3) is 0 Å². The van der Waals surface area contributed by atoms with Crippen molar-refractivity contribution in [2.75, 3.05) is 20.1 Å². The standard InChI is InChI=1S/C13H24N2S/c1-4-12(10-14)7-8-15(3)11(2)13-6-5-9-16-13/h5-6,9,11-12H,4,7-8,10,14H2,1-3H3. The Bertz CT molecular complexity index is 267. The third kappa shape index (κ3) is 3.89. The molecule has 1 aromatic rings. The summed E-state index contributed by atoms with van der Waals surface area (Å²) in [7, 11) is 2.20. The van der Waals surface area contributed by atoms with Crippen molar-refractivity contribution in [2.24, 2.45) is 11.7 Å². The van der Waals surface area contributed by atoms with Crippen LogP contribution in [0.1, 0.15) is 37.6 Å². The molecular weight excluding hydrogens is 216 g/mol. The van der Waals surface area contributed by atoms with Crippen molar-refractivity contribution in [3.8, 4) is 0 Å². The SMILES string of the molecule is CCC(CN)CCN(C)C(C)c1cccs1. The molecule has 1 rings (SSSR count). The van der Waals surface area contributed by atoms with Gasteiger partial charge in [0.05, 0.1) is 0 Å². The van der Waals surface area contributed by atoms with E-state index in [4.69, 9.17) is 5.73 Å². The van der Waals surface area contributed by atoms with Crippen LogP contribution in [-0.4, -0.2) is 25.0 Å². The summed E-state index contributed by atoms with van der Waals surface area (Å²) < 4.78 is 0. The molecule has 0 bridgehead atoms. The highest BCUT2D eigenvalue weighted by Gasteiger charge is 2.13. The van der Waals surface area contributed by atoms with Crippen molar-refractivity contribution >= 4 is 11.3 Å². The fourth-order valence-electron chi connectivity index (χ4n) is 1.81. The maximum absolute atomic E-state index is 5.72. The van der Waals surface area contributed by atoms with Crippen LogP contribution >= 0.6 is 11.3 Å². The Labute approximate surface area is 103 Å². The summed E-state index contributed by atoms with van der Waals surface area (Å²) >= 11 is 1.84. The summed E-state index contributed by atoms with van der Waals surface area (Å²) in [4.78, 5) is 3.87. The molecule has 0 aliphatic carbocycles. The van der Waals surface area contributed by atoms with E-state index in [2.05, 4.69) is 43.3 Å². The molecule has 0 amide bonds. The van der Waals surface area contributed by atoms with E-state index in [9.17, 15) is 0 Å². The molecule has 16 heavy (non-hydrogen) atoms. The van der Waals surface area contributed by atoms with E-state index in [1.54, 1.807) is 0 Å². The largest absolute Gasteiger partial charge is 0.330 e. The van der Waals surface area contributed by atoms with Crippen LogP contribution in [0.4, 0.5) is 0 Å². The van der Waals surface area contributed by atoms with Gasteiger partial charge in [-0.15, -0.1) is 11.3 Å². The van der Waals surface area contributed by atoms with E-state index in [0.717, 1.165) is 13.1 Å². The molecule has 1 aromatic heterocycles. The van der Waals surface area contributed by atoms with Crippen molar-refractivity contribution in [1.82, 2.24) is 4.90 Å². The average molecular weight is 240 g/mol. The van der Waals surface area contributed by atoms with Gasteiger partial charge in [0, 0.05) is 10.9 Å². The summed E-state index contributed by atoms with van der Waals surface area (Å²) in [5.74, 6) is 0.679. The molecule has 3 heteroatoms. The van der Waals surface area contributed by atoms with Crippen LogP contribution < -0.4 is 5.73 Å². The van der Waals surface area contributed by atoms with E-state index in [0.29, 0.717) is 12.0 Å². The van der Waals surface area contributed by atoms with Gasteiger partial charge in [0.15, 0.2) is 0 Å². The maximum Gasteiger partial charge on any atom is 0.0410 e. The quantitative estimate of drug-likeness (QED) is 0.793. The second-order valence-corrected chi connectivity index (χ2v) is 5.45. The smallest absolute Gasteiger partial charge is 0.0410 e. The first-order valence-electron chi connectivity index (χ1n) is 6.12. The molecule has 0 aliphatic heterocycles. The van der Waals surface area contributed by atoms with Gasteiger partial charge in [0.1, 0.15) is 0 Å². The van der Waals surface area contributed by atoms with E-state index in [-0.39, 0.29) is 0 Å². The number of hydrogen-bond acceptors (Lipinski definition) is 3. The summed E-state index contributed by atoms with van der Waals surface area (Å²) in [6.45, 7) is 6.45. The number of hydrogen-bond donors (Lipinski definition) is 1. The molecule has 0 aliphatic rings. The zero-order valence-corrected chi connectivity index (χ0v) is 11.5. The van der Waals surface area contributed by atoms with Crippen LogP contribution in [0.2, 0.25) is 0 Å². The number of thiophene rings is 1. The average Bonchev–Trinajstić information content (AvgIpc) is 2.82. The lowest BCUT2D eigenvalue weighted by Gasteiger charge is -2.25. The number of rotatable bonds is 7. The summed E-state index contributed by atoms with van der Waals surface area (Å²) in [5, 5.41) is 2.15. The maximum atomic E-state index is 5.72. The summed E-state index contributed by atoms with van der Waals surface area (Å²) in [6.07, 6.45) is 2.40. The minimum Gasteiger partial charge on any atom is -0.330 e. The summed E-state index contributed by atoms with van der Waals surface area (Å²) in [5.41, 5.74) is 5.72. The molecule has 0 saturated carbocycles. The third-order valence-electron chi connectivity index (χ3n) is 3.42. The van der Waals surface area contributed by atoms with Crippen molar-refractivity contribution in [3.05, 3.63) is 22.4 Å². The Kier molecular flexibility index (Phi) is 6.03. The molecule has 0 fully saturated rings. The third-order valence-corrected chi connectivity index (χ3v) is 4.46. The van der Waals surface area contributed by atoms with Crippen molar-refractivity contribution in [3.63, 3.8) is 0 Å². The second-order valence-electron chi connectivity index (χ2n) is 4.47. The normalized spacial score (nSPS) is 15.3.